The Balaban J connectivity index is 3.04. The van der Waals surface area contributed by atoms with Crippen LogP contribution in [0.25, 0.3) is 0 Å². The maximum atomic E-state index is 9.73. The summed E-state index contributed by atoms with van der Waals surface area (Å²) in [7, 11) is 0. The third-order valence-corrected chi connectivity index (χ3v) is 2.45. The number of nitriles is 2. The van der Waals surface area contributed by atoms with E-state index in [0.717, 1.165) is 0 Å². The summed E-state index contributed by atoms with van der Waals surface area (Å²) in [4.78, 5) is 0. The molecule has 1 rings (SSSR count). The van der Waals surface area contributed by atoms with Gasteiger partial charge in [0.2, 0.25) is 0 Å². The van der Waals surface area contributed by atoms with Gasteiger partial charge in [-0.05, 0) is 18.2 Å². The van der Waals surface area contributed by atoms with Crippen molar-refractivity contribution < 1.29 is 10.2 Å². The second-order valence-electron chi connectivity index (χ2n) is 3.22. The van der Waals surface area contributed by atoms with Crippen LogP contribution in [0.5, 0.6) is 0 Å². The van der Waals surface area contributed by atoms with Crippen molar-refractivity contribution in [3.8, 4) is 12.1 Å². The van der Waals surface area contributed by atoms with Gasteiger partial charge in [-0.15, -0.1) is 0 Å². The number of nitrogens with zero attached hydrogens (tertiary/aromatic N) is 2. The predicted octanol–water partition coefficient (Wildman–Crippen LogP) is 1.52. The van der Waals surface area contributed by atoms with Crippen LogP contribution in [0.4, 0.5) is 0 Å². The zero-order valence-electron chi connectivity index (χ0n) is 8.26. The van der Waals surface area contributed by atoms with Gasteiger partial charge in [-0.25, -0.2) is 0 Å². The maximum absolute atomic E-state index is 9.73. The lowest BCUT2D eigenvalue weighted by Gasteiger charge is -2.16. The Morgan fingerprint density at radius 2 is 2.00 bits per heavy atom. The molecule has 0 aromatic heterocycles. The quantitative estimate of drug-likeness (QED) is 0.833. The summed E-state index contributed by atoms with van der Waals surface area (Å²) in [5.74, 6) is 0. The molecule has 0 bridgehead atoms. The second kappa shape index (κ2) is 5.48. The van der Waals surface area contributed by atoms with Crippen LogP contribution in [0.15, 0.2) is 18.2 Å². The molecule has 2 N–H and O–H groups in total. The van der Waals surface area contributed by atoms with Gasteiger partial charge < -0.3 is 10.2 Å². The van der Waals surface area contributed by atoms with Crippen molar-refractivity contribution in [2.45, 2.75) is 18.6 Å². The lowest BCUT2D eigenvalue weighted by atomic mass is 10.0. The van der Waals surface area contributed by atoms with Crippen LogP contribution < -0.4 is 0 Å². The van der Waals surface area contributed by atoms with E-state index in [1.165, 1.54) is 18.2 Å². The molecular weight excluding hydrogens is 228 g/mol. The Labute approximate surface area is 97.9 Å². The fourth-order valence-electron chi connectivity index (χ4n) is 1.25. The lowest BCUT2D eigenvalue weighted by Crippen LogP contribution is -2.17. The molecule has 5 heteroatoms. The fraction of sp³-hybridized carbons (Fsp3) is 0.273. The fourth-order valence-corrected chi connectivity index (χ4v) is 1.48. The standard InChI is InChI=1S/C11H9ClN2O2/c12-9-2-1-7(6-14)5-8(9)11(16)10(15)3-4-13/h1-2,5,10-11,15-16H,3H2. The molecule has 0 saturated heterocycles. The van der Waals surface area contributed by atoms with Crippen molar-refractivity contribution in [2.24, 2.45) is 0 Å². The van der Waals surface area contributed by atoms with E-state index in [1.807, 2.05) is 6.07 Å². The zero-order valence-corrected chi connectivity index (χ0v) is 9.02. The van der Waals surface area contributed by atoms with Crippen molar-refractivity contribution in [1.82, 2.24) is 0 Å². The van der Waals surface area contributed by atoms with Crippen LogP contribution in [0.1, 0.15) is 23.7 Å². The van der Waals surface area contributed by atoms with Gasteiger partial charge in [-0.3, -0.25) is 0 Å². The minimum atomic E-state index is -1.26. The number of rotatable bonds is 3. The monoisotopic (exact) mass is 236 g/mol. The van der Waals surface area contributed by atoms with Gasteiger partial charge in [-0.1, -0.05) is 11.6 Å². The molecule has 0 radical (unpaired) electrons. The molecule has 2 atom stereocenters. The topological polar surface area (TPSA) is 88.0 Å². The number of hydrogen-bond acceptors (Lipinski definition) is 4. The predicted molar refractivity (Wildman–Crippen MR) is 57.4 cm³/mol. The van der Waals surface area contributed by atoms with E-state index in [-0.39, 0.29) is 17.0 Å². The number of aliphatic hydroxyl groups is 2. The van der Waals surface area contributed by atoms with E-state index in [1.54, 1.807) is 6.07 Å². The van der Waals surface area contributed by atoms with Gasteiger partial charge in [0, 0.05) is 10.6 Å². The minimum absolute atomic E-state index is 0.200. The second-order valence-corrected chi connectivity index (χ2v) is 3.63. The van der Waals surface area contributed by atoms with Gasteiger partial charge in [0.15, 0.2) is 0 Å². The zero-order chi connectivity index (χ0) is 12.1. The first-order valence-electron chi connectivity index (χ1n) is 4.52. The average molecular weight is 237 g/mol. The average Bonchev–Trinajstić information content (AvgIpc) is 2.29. The van der Waals surface area contributed by atoms with Crippen LogP contribution in [-0.2, 0) is 0 Å². The molecule has 2 unspecified atom stereocenters. The normalized spacial score (nSPS) is 13.6. The first-order valence-corrected chi connectivity index (χ1v) is 4.90. The molecule has 0 aliphatic heterocycles. The summed E-state index contributed by atoms with van der Waals surface area (Å²) < 4.78 is 0. The van der Waals surface area contributed by atoms with Crippen LogP contribution in [0.2, 0.25) is 5.02 Å². The van der Waals surface area contributed by atoms with Crippen LogP contribution >= 0.6 is 11.6 Å². The van der Waals surface area contributed by atoms with Crippen molar-refractivity contribution in [1.29, 1.82) is 10.5 Å². The van der Waals surface area contributed by atoms with Crippen LogP contribution in [-0.4, -0.2) is 16.3 Å². The first kappa shape index (κ1) is 12.5. The molecule has 82 valence electrons. The summed E-state index contributed by atoms with van der Waals surface area (Å²) in [6.07, 6.45) is -2.68. The molecule has 1 aromatic rings. The van der Waals surface area contributed by atoms with Crippen molar-refractivity contribution in [2.75, 3.05) is 0 Å². The summed E-state index contributed by atoms with van der Waals surface area (Å²) in [5.41, 5.74) is 0.589. The van der Waals surface area contributed by atoms with Crippen molar-refractivity contribution in [3.05, 3.63) is 34.3 Å². The number of aliphatic hydroxyl groups excluding tert-OH is 2. The molecule has 0 amide bonds. The molecule has 0 spiro atoms. The molecule has 16 heavy (non-hydrogen) atoms. The molecule has 0 aliphatic carbocycles. The van der Waals surface area contributed by atoms with E-state index < -0.39 is 12.2 Å². The van der Waals surface area contributed by atoms with Gasteiger partial charge in [0.25, 0.3) is 0 Å². The molecule has 0 heterocycles. The number of halogens is 1. The molecule has 0 saturated carbocycles. The lowest BCUT2D eigenvalue weighted by molar-refractivity contribution is 0.0217. The Morgan fingerprint density at radius 1 is 1.31 bits per heavy atom. The Bertz CT molecular complexity index is 462. The Hall–Kier alpha value is -1.59. The molecular formula is C11H9ClN2O2. The largest absolute Gasteiger partial charge is 0.389 e. The van der Waals surface area contributed by atoms with Gasteiger partial charge in [-0.2, -0.15) is 10.5 Å². The minimum Gasteiger partial charge on any atom is -0.389 e. The molecule has 1 aromatic carbocycles. The summed E-state index contributed by atoms with van der Waals surface area (Å²) in [6.45, 7) is 0. The Kier molecular flexibility index (Phi) is 4.28. The molecule has 0 fully saturated rings. The third kappa shape index (κ3) is 2.71. The highest BCUT2D eigenvalue weighted by atomic mass is 35.5. The van der Waals surface area contributed by atoms with E-state index >= 15 is 0 Å². The van der Waals surface area contributed by atoms with Gasteiger partial charge >= 0.3 is 0 Å². The highest BCUT2D eigenvalue weighted by molar-refractivity contribution is 6.31. The highest BCUT2D eigenvalue weighted by Gasteiger charge is 2.20. The van der Waals surface area contributed by atoms with Crippen LogP contribution in [0, 0.1) is 22.7 Å². The third-order valence-electron chi connectivity index (χ3n) is 2.11. The van der Waals surface area contributed by atoms with E-state index in [0.29, 0.717) is 5.56 Å². The smallest absolute Gasteiger partial charge is 0.107 e. The highest BCUT2D eigenvalue weighted by Crippen LogP contribution is 2.27. The molecule has 4 nitrogen and oxygen atoms in total. The van der Waals surface area contributed by atoms with E-state index in [9.17, 15) is 10.2 Å². The summed E-state index contributed by atoms with van der Waals surface area (Å²) in [5, 5.41) is 36.5. The number of hydrogen-bond donors (Lipinski definition) is 2. The number of benzene rings is 1. The summed E-state index contributed by atoms with van der Waals surface area (Å²) >= 11 is 5.83. The first-order chi connectivity index (χ1) is 7.60. The molecule has 0 aliphatic rings. The SMILES string of the molecule is N#CCC(O)C(O)c1cc(C#N)ccc1Cl. The summed E-state index contributed by atoms with van der Waals surface area (Å²) in [6, 6.07) is 8.03. The van der Waals surface area contributed by atoms with Crippen molar-refractivity contribution in [3.63, 3.8) is 0 Å². The maximum Gasteiger partial charge on any atom is 0.107 e. The van der Waals surface area contributed by atoms with Crippen molar-refractivity contribution >= 4 is 11.6 Å². The van der Waals surface area contributed by atoms with Crippen LogP contribution in [0.3, 0.4) is 0 Å². The van der Waals surface area contributed by atoms with E-state index in [2.05, 4.69) is 0 Å². The Morgan fingerprint density at radius 3 is 2.56 bits per heavy atom. The van der Waals surface area contributed by atoms with Gasteiger partial charge in [0.1, 0.15) is 6.10 Å². The van der Waals surface area contributed by atoms with Gasteiger partial charge in [0.05, 0.1) is 30.2 Å². The van der Waals surface area contributed by atoms with E-state index in [4.69, 9.17) is 22.1 Å².